The Morgan fingerprint density at radius 3 is 2.46 bits per heavy atom. The van der Waals surface area contributed by atoms with Crippen molar-refractivity contribution in [2.24, 2.45) is 0 Å². The molecule has 72 valence electrons. The number of hydrogen-bond donors (Lipinski definition) is 0. The number of rotatable bonds is 3. The summed E-state index contributed by atoms with van der Waals surface area (Å²) in [5.41, 5.74) is 2.55. The third-order valence-corrected chi connectivity index (χ3v) is 2.87. The van der Waals surface area contributed by atoms with Crippen molar-refractivity contribution in [2.45, 2.75) is 25.7 Å². The van der Waals surface area contributed by atoms with Crippen LogP contribution in [0.15, 0.2) is 17.0 Å². The molecule has 0 atom stereocenters. The van der Waals surface area contributed by atoms with Crippen LogP contribution in [0.25, 0.3) is 0 Å². The zero-order valence-corrected chi connectivity index (χ0v) is 9.49. The van der Waals surface area contributed by atoms with Crippen molar-refractivity contribution < 1.29 is 4.74 Å². The smallest absolute Gasteiger partial charge is 0.123 e. The van der Waals surface area contributed by atoms with Gasteiger partial charge >= 0.3 is 0 Å². The van der Waals surface area contributed by atoms with Crippen molar-refractivity contribution >= 4 is 11.8 Å². The van der Waals surface area contributed by atoms with E-state index >= 15 is 0 Å². The molecule has 0 heterocycles. The second-order valence-electron chi connectivity index (χ2n) is 3.02. The van der Waals surface area contributed by atoms with Crippen LogP contribution in [0.4, 0.5) is 0 Å². The molecule has 0 aromatic heterocycles. The predicted octanol–water partition coefficient (Wildman–Crippen LogP) is 3.42. The standard InChI is InChI=1S/C11H16OS/c1-5-12-10-7-11(13-4)9(3)6-8(10)2/h6-7H,5H2,1-4H3. The summed E-state index contributed by atoms with van der Waals surface area (Å²) < 4.78 is 5.52. The van der Waals surface area contributed by atoms with Crippen molar-refractivity contribution in [3.8, 4) is 5.75 Å². The first-order chi connectivity index (χ1) is 6.19. The molecule has 0 bridgehead atoms. The highest BCUT2D eigenvalue weighted by Crippen LogP contribution is 2.28. The second kappa shape index (κ2) is 4.56. The van der Waals surface area contributed by atoms with Crippen molar-refractivity contribution in [3.05, 3.63) is 23.3 Å². The first-order valence-corrected chi connectivity index (χ1v) is 5.69. The summed E-state index contributed by atoms with van der Waals surface area (Å²) in [6.45, 7) is 6.96. The van der Waals surface area contributed by atoms with E-state index in [1.807, 2.05) is 6.92 Å². The highest BCUT2D eigenvalue weighted by Gasteiger charge is 2.03. The van der Waals surface area contributed by atoms with E-state index in [2.05, 4.69) is 32.2 Å². The first kappa shape index (κ1) is 10.5. The van der Waals surface area contributed by atoms with Crippen LogP contribution >= 0.6 is 11.8 Å². The molecule has 0 saturated carbocycles. The quantitative estimate of drug-likeness (QED) is 0.685. The molecule has 0 saturated heterocycles. The van der Waals surface area contributed by atoms with Gasteiger partial charge in [0, 0.05) is 4.90 Å². The maximum atomic E-state index is 5.52. The van der Waals surface area contributed by atoms with E-state index in [0.717, 1.165) is 12.4 Å². The minimum Gasteiger partial charge on any atom is -0.494 e. The predicted molar refractivity (Wildman–Crippen MR) is 58.9 cm³/mol. The van der Waals surface area contributed by atoms with Gasteiger partial charge in [0.2, 0.25) is 0 Å². The van der Waals surface area contributed by atoms with Crippen LogP contribution < -0.4 is 4.74 Å². The third-order valence-electron chi connectivity index (χ3n) is 1.99. The normalized spacial score (nSPS) is 10.2. The van der Waals surface area contributed by atoms with Crippen LogP contribution in [0, 0.1) is 13.8 Å². The van der Waals surface area contributed by atoms with Crippen molar-refractivity contribution in [3.63, 3.8) is 0 Å². The van der Waals surface area contributed by atoms with E-state index in [1.165, 1.54) is 16.0 Å². The largest absolute Gasteiger partial charge is 0.494 e. The Morgan fingerprint density at radius 1 is 1.23 bits per heavy atom. The van der Waals surface area contributed by atoms with Crippen molar-refractivity contribution in [2.75, 3.05) is 12.9 Å². The van der Waals surface area contributed by atoms with Crippen LogP contribution in [-0.4, -0.2) is 12.9 Å². The van der Waals surface area contributed by atoms with E-state index < -0.39 is 0 Å². The minimum absolute atomic E-state index is 0.734. The number of aryl methyl sites for hydroxylation is 2. The first-order valence-electron chi connectivity index (χ1n) is 4.47. The van der Waals surface area contributed by atoms with Crippen LogP contribution in [0.3, 0.4) is 0 Å². The van der Waals surface area contributed by atoms with Crippen molar-refractivity contribution in [1.29, 1.82) is 0 Å². The Hall–Kier alpha value is -0.630. The van der Waals surface area contributed by atoms with Gasteiger partial charge in [0.15, 0.2) is 0 Å². The molecular formula is C11H16OS. The van der Waals surface area contributed by atoms with Gasteiger partial charge < -0.3 is 4.74 Å². The molecule has 0 radical (unpaired) electrons. The lowest BCUT2D eigenvalue weighted by Gasteiger charge is -2.10. The molecule has 0 fully saturated rings. The lowest BCUT2D eigenvalue weighted by atomic mass is 10.1. The van der Waals surface area contributed by atoms with Gasteiger partial charge in [0.05, 0.1) is 6.61 Å². The van der Waals surface area contributed by atoms with E-state index in [0.29, 0.717) is 0 Å². The Labute approximate surface area is 84.5 Å². The van der Waals surface area contributed by atoms with E-state index in [1.54, 1.807) is 11.8 Å². The molecule has 0 spiro atoms. The highest BCUT2D eigenvalue weighted by atomic mass is 32.2. The minimum atomic E-state index is 0.734. The summed E-state index contributed by atoms with van der Waals surface area (Å²) in [4.78, 5) is 1.30. The fraction of sp³-hybridized carbons (Fsp3) is 0.455. The number of ether oxygens (including phenoxy) is 1. The molecule has 0 aliphatic heterocycles. The highest BCUT2D eigenvalue weighted by molar-refractivity contribution is 7.98. The van der Waals surface area contributed by atoms with Crippen molar-refractivity contribution in [1.82, 2.24) is 0 Å². The molecule has 1 aromatic rings. The molecule has 2 heteroatoms. The molecule has 0 aliphatic rings. The molecule has 1 aromatic carbocycles. The molecule has 0 aliphatic carbocycles. The zero-order valence-electron chi connectivity index (χ0n) is 8.68. The van der Waals surface area contributed by atoms with Gasteiger partial charge in [-0.25, -0.2) is 0 Å². The monoisotopic (exact) mass is 196 g/mol. The summed E-state index contributed by atoms with van der Waals surface area (Å²) in [6.07, 6.45) is 2.09. The van der Waals surface area contributed by atoms with E-state index in [9.17, 15) is 0 Å². The molecule has 1 nitrogen and oxygen atoms in total. The van der Waals surface area contributed by atoms with Gasteiger partial charge in [-0.05, 0) is 44.2 Å². The second-order valence-corrected chi connectivity index (χ2v) is 3.87. The number of benzene rings is 1. The zero-order chi connectivity index (χ0) is 9.84. The van der Waals surface area contributed by atoms with Crippen LogP contribution in [0.1, 0.15) is 18.1 Å². The fourth-order valence-corrected chi connectivity index (χ4v) is 1.95. The van der Waals surface area contributed by atoms with Gasteiger partial charge in [0.1, 0.15) is 5.75 Å². The maximum absolute atomic E-state index is 5.52. The molecule has 0 amide bonds. The molecule has 13 heavy (non-hydrogen) atoms. The average molecular weight is 196 g/mol. The molecule has 1 rings (SSSR count). The van der Waals surface area contributed by atoms with Gasteiger partial charge in [-0.1, -0.05) is 6.07 Å². The van der Waals surface area contributed by atoms with Crippen LogP contribution in [0.2, 0.25) is 0 Å². The average Bonchev–Trinajstić information content (AvgIpc) is 2.10. The third kappa shape index (κ3) is 2.41. The van der Waals surface area contributed by atoms with Crippen LogP contribution in [-0.2, 0) is 0 Å². The summed E-state index contributed by atoms with van der Waals surface area (Å²) in [5.74, 6) is 1.01. The lowest BCUT2D eigenvalue weighted by Crippen LogP contribution is -1.95. The topological polar surface area (TPSA) is 9.23 Å². The summed E-state index contributed by atoms with van der Waals surface area (Å²) >= 11 is 1.76. The SMILES string of the molecule is CCOc1cc(SC)c(C)cc1C. The van der Waals surface area contributed by atoms with Gasteiger partial charge in [0.25, 0.3) is 0 Å². The molecule has 0 unspecified atom stereocenters. The fourth-order valence-electron chi connectivity index (χ4n) is 1.34. The summed E-state index contributed by atoms with van der Waals surface area (Å²) in [7, 11) is 0. The number of thioether (sulfide) groups is 1. The van der Waals surface area contributed by atoms with Gasteiger partial charge in [-0.2, -0.15) is 0 Å². The molecular weight excluding hydrogens is 180 g/mol. The molecule has 0 N–H and O–H groups in total. The summed E-state index contributed by atoms with van der Waals surface area (Å²) in [6, 6.07) is 4.30. The van der Waals surface area contributed by atoms with E-state index in [-0.39, 0.29) is 0 Å². The number of hydrogen-bond acceptors (Lipinski definition) is 2. The van der Waals surface area contributed by atoms with Crippen LogP contribution in [0.5, 0.6) is 5.75 Å². The summed E-state index contributed by atoms with van der Waals surface area (Å²) in [5, 5.41) is 0. The maximum Gasteiger partial charge on any atom is 0.123 e. The Kier molecular flexibility index (Phi) is 3.67. The van der Waals surface area contributed by atoms with Gasteiger partial charge in [-0.3, -0.25) is 0 Å². The Balaban J connectivity index is 3.06. The Morgan fingerprint density at radius 2 is 1.92 bits per heavy atom. The lowest BCUT2D eigenvalue weighted by molar-refractivity contribution is 0.337. The van der Waals surface area contributed by atoms with E-state index in [4.69, 9.17) is 4.74 Å². The van der Waals surface area contributed by atoms with Gasteiger partial charge in [-0.15, -0.1) is 11.8 Å². The Bertz CT molecular complexity index is 294.